The summed E-state index contributed by atoms with van der Waals surface area (Å²) in [6.45, 7) is 0.534. The van der Waals surface area contributed by atoms with Crippen molar-refractivity contribution in [2.24, 2.45) is 0 Å². The van der Waals surface area contributed by atoms with E-state index >= 15 is 0 Å². The van der Waals surface area contributed by atoms with Gasteiger partial charge in [-0.15, -0.1) is 0 Å². The van der Waals surface area contributed by atoms with Crippen LogP contribution in [-0.2, 0) is 23.0 Å². The maximum Gasteiger partial charge on any atom is 0.255 e. The zero-order valence-corrected chi connectivity index (χ0v) is 18.2. The average Bonchev–Trinajstić information content (AvgIpc) is 2.73. The van der Waals surface area contributed by atoms with Crippen LogP contribution < -0.4 is 5.32 Å². The molecule has 4 rings (SSSR count). The van der Waals surface area contributed by atoms with Crippen LogP contribution in [0.25, 0.3) is 0 Å². The normalized spacial score (nSPS) is 14.2. The van der Waals surface area contributed by atoms with E-state index in [1.54, 1.807) is 24.3 Å². The molecule has 5 nitrogen and oxygen atoms in total. The summed E-state index contributed by atoms with van der Waals surface area (Å²) < 4.78 is 41.2. The summed E-state index contributed by atoms with van der Waals surface area (Å²) in [6.07, 6.45) is 0.565. The zero-order valence-electron chi connectivity index (χ0n) is 15.8. The monoisotopic (exact) mass is 488 g/mol. The van der Waals surface area contributed by atoms with E-state index in [1.807, 2.05) is 18.2 Å². The highest BCUT2D eigenvalue weighted by atomic mass is 79.9. The summed E-state index contributed by atoms with van der Waals surface area (Å²) in [4.78, 5) is 12.6. The van der Waals surface area contributed by atoms with Gasteiger partial charge >= 0.3 is 0 Å². The number of carbonyl (C=O) groups excluding carboxylic acids is 1. The topological polar surface area (TPSA) is 66.5 Å². The Bertz CT molecular complexity index is 1210. The van der Waals surface area contributed by atoms with E-state index in [1.165, 1.54) is 16.4 Å². The fourth-order valence-electron chi connectivity index (χ4n) is 3.40. The van der Waals surface area contributed by atoms with Gasteiger partial charge in [-0.3, -0.25) is 4.79 Å². The van der Waals surface area contributed by atoms with Crippen molar-refractivity contribution in [2.75, 3.05) is 11.9 Å². The van der Waals surface area contributed by atoms with Crippen molar-refractivity contribution in [2.45, 2.75) is 17.9 Å². The molecule has 0 fully saturated rings. The molecule has 1 heterocycles. The van der Waals surface area contributed by atoms with Gasteiger partial charge in [-0.25, -0.2) is 12.8 Å². The number of sulfonamides is 1. The first-order valence-electron chi connectivity index (χ1n) is 9.27. The standard InChI is InChI=1S/C22H18BrFN2O3S/c23-18-3-1-2-16(12-18)22(27)25-20-7-4-15-10-11-26(14-17(15)13-20)30(28,29)21-8-5-19(24)6-9-21/h1-9,12-13H,10-11,14H2,(H,25,27). The number of anilines is 1. The van der Waals surface area contributed by atoms with Gasteiger partial charge in [-0.05, 0) is 72.1 Å². The summed E-state index contributed by atoms with van der Waals surface area (Å²) in [5.74, 6) is -0.730. The second-order valence-electron chi connectivity index (χ2n) is 6.99. The SMILES string of the molecule is O=C(Nc1ccc2c(c1)CN(S(=O)(=O)c1ccc(F)cc1)CC2)c1cccc(Br)c1. The third-order valence-electron chi connectivity index (χ3n) is 4.98. The third-order valence-corrected chi connectivity index (χ3v) is 7.33. The summed E-state index contributed by atoms with van der Waals surface area (Å²) >= 11 is 3.35. The predicted octanol–water partition coefficient (Wildman–Crippen LogP) is 4.59. The molecule has 1 amide bonds. The van der Waals surface area contributed by atoms with E-state index in [-0.39, 0.29) is 17.3 Å². The number of rotatable bonds is 4. The Kier molecular flexibility index (Phi) is 5.73. The lowest BCUT2D eigenvalue weighted by Gasteiger charge is -2.28. The molecule has 0 bridgehead atoms. The van der Waals surface area contributed by atoms with E-state index in [0.717, 1.165) is 27.7 Å². The van der Waals surface area contributed by atoms with Crippen LogP contribution in [0.5, 0.6) is 0 Å². The molecule has 0 aliphatic carbocycles. The van der Waals surface area contributed by atoms with Gasteiger partial charge in [0.1, 0.15) is 5.82 Å². The smallest absolute Gasteiger partial charge is 0.255 e. The molecule has 1 aliphatic heterocycles. The van der Waals surface area contributed by atoms with Crippen molar-refractivity contribution in [3.05, 3.63) is 93.7 Å². The van der Waals surface area contributed by atoms with E-state index in [4.69, 9.17) is 0 Å². The predicted molar refractivity (Wildman–Crippen MR) is 116 cm³/mol. The number of carbonyl (C=O) groups is 1. The van der Waals surface area contributed by atoms with Crippen molar-refractivity contribution in [3.8, 4) is 0 Å². The van der Waals surface area contributed by atoms with Crippen LogP contribution in [0.4, 0.5) is 10.1 Å². The average molecular weight is 489 g/mol. The van der Waals surface area contributed by atoms with Crippen LogP contribution in [-0.4, -0.2) is 25.2 Å². The first-order chi connectivity index (χ1) is 14.3. The number of amides is 1. The highest BCUT2D eigenvalue weighted by Gasteiger charge is 2.28. The second-order valence-corrected chi connectivity index (χ2v) is 9.84. The van der Waals surface area contributed by atoms with E-state index in [0.29, 0.717) is 24.2 Å². The summed E-state index contributed by atoms with van der Waals surface area (Å²) in [5.41, 5.74) is 2.99. The van der Waals surface area contributed by atoms with E-state index in [2.05, 4.69) is 21.2 Å². The fraction of sp³-hybridized carbons (Fsp3) is 0.136. The van der Waals surface area contributed by atoms with E-state index < -0.39 is 15.8 Å². The number of hydrogen-bond donors (Lipinski definition) is 1. The Morgan fingerprint density at radius 2 is 1.77 bits per heavy atom. The Labute approximate surface area is 182 Å². The molecule has 0 radical (unpaired) electrons. The van der Waals surface area contributed by atoms with Gasteiger partial charge in [0.2, 0.25) is 10.0 Å². The molecule has 154 valence electrons. The third kappa shape index (κ3) is 4.30. The van der Waals surface area contributed by atoms with Crippen LogP contribution in [0.1, 0.15) is 21.5 Å². The second kappa shape index (κ2) is 8.29. The minimum Gasteiger partial charge on any atom is -0.322 e. The minimum absolute atomic E-state index is 0.0615. The lowest BCUT2D eigenvalue weighted by molar-refractivity contribution is 0.102. The molecule has 1 aliphatic rings. The van der Waals surface area contributed by atoms with Crippen LogP contribution >= 0.6 is 15.9 Å². The first-order valence-corrected chi connectivity index (χ1v) is 11.5. The van der Waals surface area contributed by atoms with Gasteiger partial charge in [-0.2, -0.15) is 4.31 Å². The lowest BCUT2D eigenvalue weighted by atomic mass is 10.0. The number of hydrogen-bond acceptors (Lipinski definition) is 3. The highest BCUT2D eigenvalue weighted by molar-refractivity contribution is 9.10. The largest absolute Gasteiger partial charge is 0.322 e. The number of halogens is 2. The molecular formula is C22H18BrFN2O3S. The molecule has 3 aromatic carbocycles. The fourth-order valence-corrected chi connectivity index (χ4v) is 5.22. The lowest BCUT2D eigenvalue weighted by Crippen LogP contribution is -2.36. The van der Waals surface area contributed by atoms with Gasteiger partial charge in [0.25, 0.3) is 5.91 Å². The molecule has 0 saturated heterocycles. The van der Waals surface area contributed by atoms with Crippen molar-refractivity contribution in [3.63, 3.8) is 0 Å². The van der Waals surface area contributed by atoms with Crippen LogP contribution in [0, 0.1) is 5.82 Å². The Balaban J connectivity index is 1.55. The van der Waals surface area contributed by atoms with Gasteiger partial charge in [0.05, 0.1) is 4.90 Å². The van der Waals surface area contributed by atoms with Crippen LogP contribution in [0.3, 0.4) is 0 Å². The molecule has 0 unspecified atom stereocenters. The number of benzene rings is 3. The van der Waals surface area contributed by atoms with Crippen molar-refractivity contribution in [1.82, 2.24) is 4.31 Å². The summed E-state index contributed by atoms with van der Waals surface area (Å²) in [5, 5.41) is 2.86. The molecule has 8 heteroatoms. The van der Waals surface area contributed by atoms with Crippen molar-refractivity contribution >= 4 is 37.5 Å². The van der Waals surface area contributed by atoms with Gasteiger partial charge < -0.3 is 5.32 Å². The van der Waals surface area contributed by atoms with Crippen molar-refractivity contribution in [1.29, 1.82) is 0 Å². The maximum absolute atomic E-state index is 13.2. The molecular weight excluding hydrogens is 471 g/mol. The Hall–Kier alpha value is -2.55. The molecule has 1 N–H and O–H groups in total. The van der Waals surface area contributed by atoms with Gasteiger partial charge in [0, 0.05) is 28.8 Å². The molecule has 0 spiro atoms. The van der Waals surface area contributed by atoms with Gasteiger partial charge in [0.15, 0.2) is 0 Å². The Morgan fingerprint density at radius 3 is 2.50 bits per heavy atom. The first kappa shape index (κ1) is 20.7. The van der Waals surface area contributed by atoms with Crippen LogP contribution in [0.2, 0.25) is 0 Å². The number of fused-ring (bicyclic) bond motifs is 1. The van der Waals surface area contributed by atoms with Crippen LogP contribution in [0.15, 0.2) is 76.1 Å². The zero-order chi connectivity index (χ0) is 21.3. The highest BCUT2D eigenvalue weighted by Crippen LogP contribution is 2.27. The van der Waals surface area contributed by atoms with Gasteiger partial charge in [-0.1, -0.05) is 28.1 Å². The molecule has 30 heavy (non-hydrogen) atoms. The number of nitrogens with zero attached hydrogens (tertiary/aromatic N) is 1. The van der Waals surface area contributed by atoms with E-state index in [9.17, 15) is 17.6 Å². The Morgan fingerprint density at radius 1 is 1.00 bits per heavy atom. The molecule has 3 aromatic rings. The van der Waals surface area contributed by atoms with Crippen molar-refractivity contribution < 1.29 is 17.6 Å². The minimum atomic E-state index is -3.73. The quantitative estimate of drug-likeness (QED) is 0.583. The molecule has 0 saturated carbocycles. The maximum atomic E-state index is 13.2. The summed E-state index contributed by atoms with van der Waals surface area (Å²) in [7, 11) is -3.73. The molecule has 0 aromatic heterocycles. The number of nitrogens with one attached hydrogen (secondary N) is 1. The summed E-state index contributed by atoms with van der Waals surface area (Å²) in [6, 6.07) is 17.4. The molecule has 0 atom stereocenters.